The van der Waals surface area contributed by atoms with Crippen LogP contribution in [-0.2, 0) is 50.6 Å². The van der Waals surface area contributed by atoms with Gasteiger partial charge in [0.2, 0.25) is 37.4 Å². The minimum Gasteiger partial charge on any atom is -0.365 e. The molecule has 0 aliphatic heterocycles. The Bertz CT molecular complexity index is 3740. The monoisotopic (exact) mass is 1360 g/mol. The van der Waals surface area contributed by atoms with Gasteiger partial charge in [-0.25, -0.2) is 19.7 Å². The fourth-order valence-corrected chi connectivity index (χ4v) is 13.3. The van der Waals surface area contributed by atoms with Gasteiger partial charge in [-0.15, -0.1) is 0 Å². The number of carbonyl (C=O) groups is 6. The van der Waals surface area contributed by atoms with Crippen LogP contribution in [0, 0.1) is 37.5 Å². The largest absolute Gasteiger partial charge is 0.365 e. The van der Waals surface area contributed by atoms with Crippen molar-refractivity contribution in [2.45, 2.75) is 170 Å². The molecule has 6 aromatic rings. The Morgan fingerprint density at radius 2 is 0.729 bits per heavy atom. The van der Waals surface area contributed by atoms with Crippen molar-refractivity contribution in [3.8, 4) is 0 Å². The summed E-state index contributed by atoms with van der Waals surface area (Å²) < 4.78 is 5.09. The number of aromatic nitrogens is 6. The normalized spacial score (nSPS) is 22.8. The van der Waals surface area contributed by atoms with E-state index in [0.29, 0.717) is 24.7 Å². The lowest BCUT2D eigenvalue weighted by molar-refractivity contribution is -0.118. The van der Waals surface area contributed by atoms with E-state index in [-0.39, 0.29) is 89.3 Å². The quantitative estimate of drug-likeness (QED) is 0.0256. The summed E-state index contributed by atoms with van der Waals surface area (Å²) in [6, 6.07) is 24.3. The first-order valence-corrected chi connectivity index (χ1v) is 33.9. The Balaban J connectivity index is 0.000000157. The van der Waals surface area contributed by atoms with E-state index in [1.165, 1.54) is 11.1 Å². The third kappa shape index (κ3) is 17.9. The Hall–Kier alpha value is -8.67. The molecular formula is C69H81Cl3N18O6. The van der Waals surface area contributed by atoms with Crippen LogP contribution in [0.4, 0.5) is 17.5 Å². The van der Waals surface area contributed by atoms with Crippen LogP contribution in [0.1, 0.15) is 163 Å². The van der Waals surface area contributed by atoms with Gasteiger partial charge in [0, 0.05) is 89.2 Å². The van der Waals surface area contributed by atoms with Crippen LogP contribution in [0.5, 0.6) is 0 Å². The fraction of sp³-hybridized carbons (Fsp3) is 0.478. The second kappa shape index (κ2) is 31.5. The summed E-state index contributed by atoms with van der Waals surface area (Å²) in [4.78, 5) is 83.6. The van der Waals surface area contributed by atoms with Gasteiger partial charge in [-0.05, 0) is 163 Å². The number of nitrogens with one attached hydrogen (secondary N) is 6. The molecule has 6 saturated carbocycles. The topological polar surface area (TPSA) is 319 Å². The molecule has 96 heavy (non-hydrogen) atoms. The summed E-state index contributed by atoms with van der Waals surface area (Å²) >= 11 is 18.2. The zero-order valence-electron chi connectivity index (χ0n) is 53.4. The molecular weight excluding hydrogens is 1280 g/mol. The predicted octanol–water partition coefficient (Wildman–Crippen LogP) is 9.99. The minimum atomic E-state index is -0.643. The highest BCUT2D eigenvalue weighted by atomic mass is 35.5. The molecule has 0 atom stereocenters. The van der Waals surface area contributed by atoms with Crippen molar-refractivity contribution >= 4 is 87.7 Å². The summed E-state index contributed by atoms with van der Waals surface area (Å²) in [5, 5.41) is 34.8. The average Bonchev–Trinajstić information content (AvgIpc) is 1.82. The van der Waals surface area contributed by atoms with Crippen LogP contribution in [0.3, 0.4) is 0 Å². The van der Waals surface area contributed by atoms with Crippen LogP contribution in [0.15, 0.2) is 91.4 Å². The predicted molar refractivity (Wildman–Crippen MR) is 366 cm³/mol. The lowest BCUT2D eigenvalue weighted by atomic mass is 9.79. The molecule has 6 aliphatic rings. The van der Waals surface area contributed by atoms with Crippen molar-refractivity contribution in [1.82, 2.24) is 45.3 Å². The van der Waals surface area contributed by atoms with Crippen molar-refractivity contribution in [3.05, 3.63) is 174 Å². The van der Waals surface area contributed by atoms with Crippen LogP contribution >= 0.6 is 34.8 Å². The highest BCUT2D eigenvalue weighted by Crippen LogP contribution is 2.41. The second-order valence-electron chi connectivity index (χ2n) is 26.3. The Kier molecular flexibility index (Phi) is 23.0. The summed E-state index contributed by atoms with van der Waals surface area (Å²) in [6.45, 7) is 25.4. The Morgan fingerprint density at radius 1 is 0.438 bits per heavy atom. The van der Waals surface area contributed by atoms with Gasteiger partial charge in [-0.2, -0.15) is 15.3 Å². The number of nitrogens with zero attached hydrogens (tertiary/aromatic N) is 9. The summed E-state index contributed by atoms with van der Waals surface area (Å²) in [5.74, 6) is -1.78. The number of halogens is 3. The van der Waals surface area contributed by atoms with Crippen molar-refractivity contribution in [1.29, 1.82) is 0 Å². The van der Waals surface area contributed by atoms with Crippen molar-refractivity contribution < 1.29 is 28.8 Å². The van der Waals surface area contributed by atoms with Crippen LogP contribution in [-0.4, -0.2) is 103 Å². The highest BCUT2D eigenvalue weighted by molar-refractivity contribution is 6.31. The smallest absolute Gasteiger partial charge is 0.254 e. The summed E-state index contributed by atoms with van der Waals surface area (Å²) in [6.07, 6.45) is 19.5. The van der Waals surface area contributed by atoms with E-state index >= 15 is 0 Å². The molecule has 0 saturated heterocycles. The molecule has 3 aromatic carbocycles. The zero-order chi connectivity index (χ0) is 68.2. The van der Waals surface area contributed by atoms with E-state index in [4.69, 9.17) is 71.7 Å². The maximum absolute atomic E-state index is 12.2. The number of nitrogens with two attached hydrogens (primary N) is 3. The van der Waals surface area contributed by atoms with E-state index in [1.807, 2.05) is 72.8 Å². The Morgan fingerprint density at radius 3 is 1.00 bits per heavy atom. The van der Waals surface area contributed by atoms with Crippen LogP contribution in [0.25, 0.3) is 14.5 Å². The van der Waals surface area contributed by atoms with E-state index < -0.39 is 34.3 Å². The molecule has 0 bridgehead atoms. The second-order valence-corrected chi connectivity index (χ2v) is 27.6. The van der Waals surface area contributed by atoms with E-state index in [2.05, 4.69) is 61.7 Å². The number of hydrogen-bond donors (Lipinski definition) is 9. The molecule has 504 valence electrons. The van der Waals surface area contributed by atoms with E-state index in [0.717, 1.165) is 149 Å². The third-order valence-electron chi connectivity index (χ3n) is 19.4. The first-order valence-electron chi connectivity index (χ1n) is 32.8. The maximum Gasteiger partial charge on any atom is 0.254 e. The minimum absolute atomic E-state index is 0.0137. The number of rotatable bonds is 24. The molecule has 27 heteroatoms. The molecule has 0 spiro atoms. The molecule has 24 nitrogen and oxygen atoms in total. The summed E-state index contributed by atoms with van der Waals surface area (Å²) in [5.41, 5.74) is 19.0. The van der Waals surface area contributed by atoms with Crippen LogP contribution < -0.4 is 49.1 Å². The Labute approximate surface area is 573 Å². The van der Waals surface area contributed by atoms with Gasteiger partial charge in [-0.1, -0.05) is 77.3 Å². The first-order chi connectivity index (χ1) is 46.2. The number of carbonyl (C=O) groups excluding carboxylic acids is 6. The molecule has 12 N–H and O–H groups in total. The number of hydrogen-bond acceptors (Lipinski definition) is 12. The lowest BCUT2D eigenvalue weighted by Crippen LogP contribution is -2.45. The van der Waals surface area contributed by atoms with Gasteiger partial charge in [0.15, 0.2) is 17.5 Å². The van der Waals surface area contributed by atoms with E-state index in [1.54, 1.807) is 32.6 Å². The fourth-order valence-electron chi connectivity index (χ4n) is 12.9. The molecule has 6 aliphatic carbocycles. The lowest BCUT2D eigenvalue weighted by Gasteiger charge is -2.37. The molecule has 6 amide bonds. The number of anilines is 3. The molecule has 0 unspecified atom stereocenters. The van der Waals surface area contributed by atoms with Gasteiger partial charge in [0.25, 0.3) is 17.7 Å². The number of benzene rings is 3. The first kappa shape index (κ1) is 70.1. The van der Waals surface area contributed by atoms with Crippen LogP contribution in [0.2, 0.25) is 15.1 Å². The van der Waals surface area contributed by atoms with Gasteiger partial charge in [0.05, 0.1) is 0 Å². The molecule has 12 rings (SSSR count). The number of primary amides is 3. The molecule has 3 aromatic heterocycles. The molecule has 6 fully saturated rings. The number of amides is 6. The highest BCUT2D eigenvalue weighted by Gasteiger charge is 2.45. The standard InChI is InChI=1S/3C23H27ClN6O2/c2*1-26-14-23(10-8-18(9-11-23)27-12-15-2-6-17(24)7-3-15)30-13-19(20(25)31)21(29-30)28-22(32)16-4-5-16;1-26-14-23(10-8-17(9-11-23)27-12-16-4-2-3-5-19(16)24)30-13-18(20(25)31)21(29-30)28-22(32)15-6-7-15/h2*2-3,6-7,13,16,18,27H,4-5,8-12,14H2,(H2,25,31)(H,28,29,32);2-5,13,15,17,27H,6-12,14H2,(H2,25,31)(H,28,29,32). The maximum atomic E-state index is 12.2. The van der Waals surface area contributed by atoms with Gasteiger partial charge >= 0.3 is 0 Å². The molecule has 0 radical (unpaired) electrons. The SMILES string of the molecule is [C-]#[N+]CC1(n2cc(C(N)=O)c(NC(=O)C3CC3)n2)CCC(NCc2ccc(Cl)cc2)CC1.[C-]#[N+]CC1(n2cc(C(N)=O)c(NC(=O)C3CC3)n2)CCC(NCc2ccc(Cl)cc2)CC1.[C-]#[N+]CC1(n2cc(C(N)=O)c(NC(=O)C3CC3)n2)CCC(NCc2ccccc2Cl)CC1. The zero-order valence-corrected chi connectivity index (χ0v) is 55.7. The average molecular weight is 1360 g/mol. The molecule has 3 heterocycles. The van der Waals surface area contributed by atoms with Gasteiger partial charge in [-0.3, -0.25) is 42.8 Å². The summed E-state index contributed by atoms with van der Waals surface area (Å²) in [7, 11) is 0. The van der Waals surface area contributed by atoms with Gasteiger partial charge < -0.3 is 63.6 Å². The van der Waals surface area contributed by atoms with Crippen molar-refractivity contribution in [3.63, 3.8) is 0 Å². The van der Waals surface area contributed by atoms with Crippen molar-refractivity contribution in [2.75, 3.05) is 35.6 Å². The van der Waals surface area contributed by atoms with E-state index in [9.17, 15) is 28.8 Å². The van der Waals surface area contributed by atoms with Gasteiger partial charge in [0.1, 0.15) is 33.3 Å². The third-order valence-corrected chi connectivity index (χ3v) is 20.3. The van der Waals surface area contributed by atoms with Crippen molar-refractivity contribution in [2.24, 2.45) is 35.0 Å².